The van der Waals surface area contributed by atoms with E-state index in [4.69, 9.17) is 15.0 Å². The van der Waals surface area contributed by atoms with Gasteiger partial charge in [-0.05, 0) is 25.7 Å². The maximum atomic E-state index is 5.85. The summed E-state index contributed by atoms with van der Waals surface area (Å²) in [6.45, 7) is 4.48. The van der Waals surface area contributed by atoms with Gasteiger partial charge in [-0.15, -0.1) is 6.58 Å². The molecular formula is C12H19N3O2. The van der Waals surface area contributed by atoms with Gasteiger partial charge in [0.1, 0.15) is 0 Å². The van der Waals surface area contributed by atoms with E-state index in [-0.39, 0.29) is 12.1 Å². The monoisotopic (exact) mass is 237 g/mol. The fraction of sp³-hybridized carbons (Fsp3) is 0.667. The van der Waals surface area contributed by atoms with Gasteiger partial charge in [-0.3, -0.25) is 0 Å². The normalized spacial score (nSPS) is 22.3. The zero-order chi connectivity index (χ0) is 12.1. The average molecular weight is 237 g/mol. The molecule has 0 aliphatic carbocycles. The summed E-state index contributed by atoms with van der Waals surface area (Å²) >= 11 is 0. The third-order valence-electron chi connectivity index (χ3n) is 2.91. The standard InChI is InChI=1S/C12H19N3O2/c1-2-5-10(13)12-14-11(15-17-12)8-9-6-3-4-7-16-9/h2,9-10H,1,3-8,13H2. The van der Waals surface area contributed by atoms with Crippen LogP contribution in [0.25, 0.3) is 0 Å². The highest BCUT2D eigenvalue weighted by molar-refractivity contribution is 4.95. The Morgan fingerprint density at radius 1 is 1.53 bits per heavy atom. The maximum absolute atomic E-state index is 5.85. The topological polar surface area (TPSA) is 74.2 Å². The van der Waals surface area contributed by atoms with Crippen molar-refractivity contribution in [3.63, 3.8) is 0 Å². The largest absolute Gasteiger partial charge is 0.378 e. The Morgan fingerprint density at radius 2 is 2.41 bits per heavy atom. The van der Waals surface area contributed by atoms with Crippen LogP contribution in [0.1, 0.15) is 43.4 Å². The third kappa shape index (κ3) is 3.38. The van der Waals surface area contributed by atoms with Crippen molar-refractivity contribution in [2.75, 3.05) is 6.61 Å². The molecule has 0 bridgehead atoms. The summed E-state index contributed by atoms with van der Waals surface area (Å²) in [6, 6.07) is -0.249. The molecule has 1 saturated heterocycles. The predicted molar refractivity (Wildman–Crippen MR) is 63.3 cm³/mol. The highest BCUT2D eigenvalue weighted by Crippen LogP contribution is 2.17. The second-order valence-electron chi connectivity index (χ2n) is 4.37. The first-order valence-corrected chi connectivity index (χ1v) is 6.10. The van der Waals surface area contributed by atoms with Gasteiger partial charge in [-0.1, -0.05) is 11.2 Å². The summed E-state index contributed by atoms with van der Waals surface area (Å²) in [4.78, 5) is 4.29. The molecule has 5 nitrogen and oxygen atoms in total. The van der Waals surface area contributed by atoms with Gasteiger partial charge in [-0.25, -0.2) is 0 Å². The Bertz CT molecular complexity index is 358. The number of hydrogen-bond acceptors (Lipinski definition) is 5. The van der Waals surface area contributed by atoms with Gasteiger partial charge in [0.25, 0.3) is 0 Å². The van der Waals surface area contributed by atoms with E-state index in [0.29, 0.717) is 24.6 Å². The van der Waals surface area contributed by atoms with Crippen molar-refractivity contribution in [1.29, 1.82) is 0 Å². The molecule has 1 fully saturated rings. The molecule has 1 aromatic rings. The summed E-state index contributed by atoms with van der Waals surface area (Å²) in [6.07, 6.45) is 6.77. The van der Waals surface area contributed by atoms with E-state index >= 15 is 0 Å². The number of ether oxygens (including phenoxy) is 1. The van der Waals surface area contributed by atoms with Crippen molar-refractivity contribution >= 4 is 0 Å². The fourth-order valence-corrected chi connectivity index (χ4v) is 1.95. The van der Waals surface area contributed by atoms with Crippen LogP contribution in [0.2, 0.25) is 0 Å². The Hall–Kier alpha value is -1.20. The van der Waals surface area contributed by atoms with E-state index in [0.717, 1.165) is 19.4 Å². The first kappa shape index (κ1) is 12.3. The van der Waals surface area contributed by atoms with E-state index in [1.165, 1.54) is 6.42 Å². The second kappa shape index (κ2) is 5.93. The fourth-order valence-electron chi connectivity index (χ4n) is 1.95. The summed E-state index contributed by atoms with van der Waals surface area (Å²) in [5.74, 6) is 1.17. The molecule has 0 radical (unpaired) electrons. The molecular weight excluding hydrogens is 218 g/mol. The molecule has 0 amide bonds. The zero-order valence-corrected chi connectivity index (χ0v) is 9.97. The van der Waals surface area contributed by atoms with Gasteiger partial charge in [-0.2, -0.15) is 4.98 Å². The number of nitrogens with two attached hydrogens (primary N) is 1. The Kier molecular flexibility index (Phi) is 4.28. The summed E-state index contributed by atoms with van der Waals surface area (Å²) in [5, 5.41) is 3.93. The Balaban J connectivity index is 1.90. The molecule has 94 valence electrons. The smallest absolute Gasteiger partial charge is 0.243 e. The van der Waals surface area contributed by atoms with Crippen LogP contribution in [0.3, 0.4) is 0 Å². The molecule has 17 heavy (non-hydrogen) atoms. The number of nitrogens with zero attached hydrogens (tertiary/aromatic N) is 2. The van der Waals surface area contributed by atoms with E-state index in [9.17, 15) is 0 Å². The lowest BCUT2D eigenvalue weighted by Crippen LogP contribution is -2.22. The second-order valence-corrected chi connectivity index (χ2v) is 4.37. The summed E-state index contributed by atoms with van der Waals surface area (Å²) in [5.41, 5.74) is 5.85. The quantitative estimate of drug-likeness (QED) is 0.790. The van der Waals surface area contributed by atoms with Gasteiger partial charge < -0.3 is 15.0 Å². The van der Waals surface area contributed by atoms with Crippen LogP contribution in [0, 0.1) is 0 Å². The first-order valence-electron chi connectivity index (χ1n) is 6.10. The molecule has 0 aromatic carbocycles. The molecule has 2 heterocycles. The summed E-state index contributed by atoms with van der Waals surface area (Å²) in [7, 11) is 0. The molecule has 2 unspecified atom stereocenters. The SMILES string of the molecule is C=CCC(N)c1nc(CC2CCCCO2)no1. The van der Waals surface area contributed by atoms with Crippen LogP contribution >= 0.6 is 0 Å². The minimum atomic E-state index is -0.249. The van der Waals surface area contributed by atoms with Crippen LogP contribution in [0.15, 0.2) is 17.2 Å². The molecule has 1 aromatic heterocycles. The van der Waals surface area contributed by atoms with E-state index in [1.54, 1.807) is 6.08 Å². The van der Waals surface area contributed by atoms with Crippen molar-refractivity contribution in [2.24, 2.45) is 5.73 Å². The maximum Gasteiger partial charge on any atom is 0.243 e. The Labute approximate surface area is 101 Å². The molecule has 1 aliphatic rings. The van der Waals surface area contributed by atoms with Crippen LogP contribution in [0.5, 0.6) is 0 Å². The van der Waals surface area contributed by atoms with Crippen LogP contribution in [-0.2, 0) is 11.2 Å². The Morgan fingerprint density at radius 3 is 3.12 bits per heavy atom. The van der Waals surface area contributed by atoms with Gasteiger partial charge in [0.2, 0.25) is 5.89 Å². The van der Waals surface area contributed by atoms with Crippen molar-refractivity contribution in [1.82, 2.24) is 10.1 Å². The van der Waals surface area contributed by atoms with Crippen molar-refractivity contribution < 1.29 is 9.26 Å². The lowest BCUT2D eigenvalue weighted by Gasteiger charge is -2.20. The van der Waals surface area contributed by atoms with E-state index in [1.807, 2.05) is 0 Å². The van der Waals surface area contributed by atoms with Gasteiger partial charge in [0, 0.05) is 13.0 Å². The van der Waals surface area contributed by atoms with Crippen LogP contribution < -0.4 is 5.73 Å². The molecule has 2 atom stereocenters. The third-order valence-corrected chi connectivity index (χ3v) is 2.91. The molecule has 0 saturated carbocycles. The van der Waals surface area contributed by atoms with Gasteiger partial charge in [0.05, 0.1) is 12.1 Å². The highest BCUT2D eigenvalue weighted by atomic mass is 16.5. The molecule has 5 heteroatoms. The van der Waals surface area contributed by atoms with Gasteiger partial charge >= 0.3 is 0 Å². The predicted octanol–water partition coefficient (Wildman–Crippen LogP) is 1.76. The first-order chi connectivity index (χ1) is 8.29. The highest BCUT2D eigenvalue weighted by Gasteiger charge is 2.19. The van der Waals surface area contributed by atoms with E-state index < -0.39 is 0 Å². The number of rotatable bonds is 5. The minimum absolute atomic E-state index is 0.227. The molecule has 2 rings (SSSR count). The lowest BCUT2D eigenvalue weighted by molar-refractivity contribution is 0.0153. The molecule has 2 N–H and O–H groups in total. The van der Waals surface area contributed by atoms with Crippen molar-refractivity contribution in [3.05, 3.63) is 24.4 Å². The van der Waals surface area contributed by atoms with Crippen molar-refractivity contribution in [2.45, 2.75) is 44.2 Å². The van der Waals surface area contributed by atoms with Crippen molar-refractivity contribution in [3.8, 4) is 0 Å². The average Bonchev–Trinajstić information content (AvgIpc) is 2.79. The van der Waals surface area contributed by atoms with Crippen LogP contribution in [-0.4, -0.2) is 22.9 Å². The molecule has 1 aliphatic heterocycles. The zero-order valence-electron chi connectivity index (χ0n) is 9.97. The number of aromatic nitrogens is 2. The summed E-state index contributed by atoms with van der Waals surface area (Å²) < 4.78 is 10.8. The minimum Gasteiger partial charge on any atom is -0.378 e. The van der Waals surface area contributed by atoms with Gasteiger partial charge in [0.15, 0.2) is 5.82 Å². The lowest BCUT2D eigenvalue weighted by atomic mass is 10.1. The number of hydrogen-bond donors (Lipinski definition) is 1. The molecule has 0 spiro atoms. The van der Waals surface area contributed by atoms with E-state index in [2.05, 4.69) is 16.7 Å². The van der Waals surface area contributed by atoms with Crippen LogP contribution in [0.4, 0.5) is 0 Å².